The maximum Gasteiger partial charge on any atom is 0.262 e. The van der Waals surface area contributed by atoms with Gasteiger partial charge >= 0.3 is 0 Å². The van der Waals surface area contributed by atoms with Crippen LogP contribution < -0.4 is 10.6 Å². The Bertz CT molecular complexity index is 790. The number of piperazine rings is 1. The number of amides is 2. The van der Waals surface area contributed by atoms with Crippen LogP contribution in [0.2, 0.25) is 0 Å². The number of hydrogen-bond donors (Lipinski definition) is 0. The van der Waals surface area contributed by atoms with E-state index in [-0.39, 0.29) is 11.8 Å². The predicted molar refractivity (Wildman–Crippen MR) is 99.8 cm³/mol. The number of rotatable bonds is 3. The third-order valence-electron chi connectivity index (χ3n) is 5.97. The second-order valence-corrected chi connectivity index (χ2v) is 7.78. The molecule has 1 aromatic rings. The summed E-state index contributed by atoms with van der Waals surface area (Å²) in [7, 11) is 0. The van der Waals surface area contributed by atoms with E-state index in [9.17, 15) is 9.59 Å². The van der Waals surface area contributed by atoms with Crippen LogP contribution in [0.25, 0.3) is 6.08 Å². The van der Waals surface area contributed by atoms with Gasteiger partial charge in [0.2, 0.25) is 5.91 Å². The molecule has 3 aliphatic rings. The lowest BCUT2D eigenvalue weighted by molar-refractivity contribution is -0.139. The van der Waals surface area contributed by atoms with E-state index in [0.29, 0.717) is 18.4 Å². The molecule has 0 bridgehead atoms. The molecular formula is C21H27N3O2. The molecule has 1 aromatic carbocycles. The van der Waals surface area contributed by atoms with Gasteiger partial charge in [0, 0.05) is 32.7 Å². The molecule has 1 aliphatic carbocycles. The highest BCUT2D eigenvalue weighted by Crippen LogP contribution is 2.25. The molecule has 0 spiro atoms. The number of para-hydroxylation sites is 1. The monoisotopic (exact) mass is 353 g/mol. The lowest BCUT2D eigenvalue weighted by Gasteiger charge is -2.38. The Kier molecular flexibility index (Phi) is 5.16. The summed E-state index contributed by atoms with van der Waals surface area (Å²) >= 11 is 0. The molecule has 26 heavy (non-hydrogen) atoms. The normalized spacial score (nSPS) is 24.5. The van der Waals surface area contributed by atoms with Crippen LogP contribution >= 0.6 is 0 Å². The Labute approximate surface area is 154 Å². The third-order valence-corrected chi connectivity index (χ3v) is 5.97. The smallest absolute Gasteiger partial charge is 0.262 e. The van der Waals surface area contributed by atoms with Gasteiger partial charge in [-0.05, 0) is 30.0 Å². The third kappa shape index (κ3) is 3.73. The first-order chi connectivity index (χ1) is 12.7. The van der Waals surface area contributed by atoms with Crippen LogP contribution in [0.1, 0.15) is 32.1 Å². The predicted octanol–water partition coefficient (Wildman–Crippen LogP) is 0.968. The Morgan fingerprint density at radius 1 is 1.04 bits per heavy atom. The fourth-order valence-corrected chi connectivity index (χ4v) is 4.43. The van der Waals surface area contributed by atoms with Crippen molar-refractivity contribution in [3.63, 3.8) is 0 Å². The lowest BCUT2D eigenvalue weighted by Crippen LogP contribution is -2.52. The minimum atomic E-state index is -0.755. The van der Waals surface area contributed by atoms with Crippen molar-refractivity contribution in [3.05, 3.63) is 34.8 Å². The molecule has 2 aliphatic heterocycles. The van der Waals surface area contributed by atoms with Crippen molar-refractivity contribution >= 4 is 17.9 Å². The summed E-state index contributed by atoms with van der Waals surface area (Å²) in [6.07, 6.45) is 8.61. The number of nitrogens with zero attached hydrogens (tertiary/aromatic N) is 3. The molecule has 1 saturated heterocycles. The number of benzene rings is 1. The topological polar surface area (TPSA) is 53.0 Å². The molecule has 2 heterocycles. The standard InChI is InChI=1S/C21H27N3O2/c25-20-18(14-17-8-4-5-9-19(17)22-20)21(26)24-12-10-23(11-13-24)15-16-6-2-1-3-7-16/h4-5,8-9,14,16,18H,1-3,6-7,10-13,15H2. The molecule has 5 nitrogen and oxygen atoms in total. The van der Waals surface area contributed by atoms with Crippen molar-refractivity contribution in [1.82, 2.24) is 9.80 Å². The van der Waals surface area contributed by atoms with E-state index in [1.807, 2.05) is 29.2 Å². The highest BCUT2D eigenvalue weighted by Gasteiger charge is 2.32. The van der Waals surface area contributed by atoms with Gasteiger partial charge in [-0.2, -0.15) is 0 Å². The van der Waals surface area contributed by atoms with Gasteiger partial charge in [-0.3, -0.25) is 14.5 Å². The molecule has 0 aromatic heterocycles. The van der Waals surface area contributed by atoms with Crippen molar-refractivity contribution in [2.24, 2.45) is 16.8 Å². The van der Waals surface area contributed by atoms with Gasteiger partial charge in [0.05, 0.1) is 5.36 Å². The molecular weight excluding hydrogens is 326 g/mol. The van der Waals surface area contributed by atoms with Crippen LogP contribution in [0, 0.1) is 11.8 Å². The molecule has 1 saturated carbocycles. The van der Waals surface area contributed by atoms with Gasteiger partial charge in [-0.25, -0.2) is 4.99 Å². The maximum absolute atomic E-state index is 12.9. The molecule has 1 atom stereocenters. The fourth-order valence-electron chi connectivity index (χ4n) is 4.43. The molecule has 4 rings (SSSR count). The van der Waals surface area contributed by atoms with Crippen LogP contribution in [0.4, 0.5) is 0 Å². The van der Waals surface area contributed by atoms with Crippen molar-refractivity contribution in [2.75, 3.05) is 32.7 Å². The van der Waals surface area contributed by atoms with Crippen molar-refractivity contribution < 1.29 is 9.59 Å². The minimum Gasteiger partial charge on any atom is -0.339 e. The first kappa shape index (κ1) is 17.4. The summed E-state index contributed by atoms with van der Waals surface area (Å²) in [5.41, 5.74) is 0. The SMILES string of the molecule is O=C1N=c2ccccc2=CC1C(=O)N1CCN(CC2CCCCC2)CC1. The summed E-state index contributed by atoms with van der Waals surface area (Å²) in [6, 6.07) is 7.49. The average Bonchev–Trinajstić information content (AvgIpc) is 2.68. The van der Waals surface area contributed by atoms with E-state index in [0.717, 1.165) is 24.2 Å². The van der Waals surface area contributed by atoms with Gasteiger partial charge in [0.15, 0.2) is 0 Å². The fraction of sp³-hybridized carbons (Fsp3) is 0.571. The van der Waals surface area contributed by atoms with Crippen LogP contribution in [-0.4, -0.2) is 54.3 Å². The summed E-state index contributed by atoms with van der Waals surface area (Å²) in [6.45, 7) is 4.42. The molecule has 0 N–H and O–H groups in total. The molecule has 0 radical (unpaired) electrons. The largest absolute Gasteiger partial charge is 0.339 e. The van der Waals surface area contributed by atoms with Crippen LogP contribution in [-0.2, 0) is 9.59 Å². The number of fused-ring (bicyclic) bond motifs is 1. The first-order valence-corrected chi connectivity index (χ1v) is 9.91. The summed E-state index contributed by atoms with van der Waals surface area (Å²) in [5.74, 6) is -0.353. The van der Waals surface area contributed by atoms with Gasteiger partial charge in [0.1, 0.15) is 5.92 Å². The van der Waals surface area contributed by atoms with Crippen LogP contribution in [0.3, 0.4) is 0 Å². The summed E-state index contributed by atoms with van der Waals surface area (Å²) in [5, 5.41) is 1.54. The number of carbonyl (C=O) groups is 2. The minimum absolute atomic E-state index is 0.0921. The van der Waals surface area contributed by atoms with E-state index in [4.69, 9.17) is 0 Å². The summed E-state index contributed by atoms with van der Waals surface area (Å²) in [4.78, 5) is 33.6. The Morgan fingerprint density at radius 3 is 2.54 bits per heavy atom. The van der Waals surface area contributed by atoms with E-state index in [1.165, 1.54) is 38.6 Å². The second-order valence-electron chi connectivity index (χ2n) is 7.78. The number of carbonyl (C=O) groups excluding carboxylic acids is 2. The average molecular weight is 353 g/mol. The van der Waals surface area contributed by atoms with Crippen molar-refractivity contribution in [2.45, 2.75) is 32.1 Å². The van der Waals surface area contributed by atoms with Crippen LogP contribution in [0.15, 0.2) is 29.3 Å². The van der Waals surface area contributed by atoms with Gasteiger partial charge in [-0.15, -0.1) is 0 Å². The van der Waals surface area contributed by atoms with E-state index in [1.54, 1.807) is 6.08 Å². The van der Waals surface area contributed by atoms with Crippen molar-refractivity contribution in [1.29, 1.82) is 0 Å². The van der Waals surface area contributed by atoms with Gasteiger partial charge in [0.25, 0.3) is 5.91 Å². The van der Waals surface area contributed by atoms with E-state index in [2.05, 4.69) is 9.89 Å². The van der Waals surface area contributed by atoms with Crippen molar-refractivity contribution in [3.8, 4) is 0 Å². The second kappa shape index (κ2) is 7.70. The highest BCUT2D eigenvalue weighted by atomic mass is 16.2. The van der Waals surface area contributed by atoms with E-state index >= 15 is 0 Å². The molecule has 5 heteroatoms. The molecule has 138 valence electrons. The highest BCUT2D eigenvalue weighted by molar-refractivity contribution is 6.06. The Morgan fingerprint density at radius 2 is 1.77 bits per heavy atom. The quantitative estimate of drug-likeness (QED) is 0.761. The lowest BCUT2D eigenvalue weighted by atomic mass is 9.89. The van der Waals surface area contributed by atoms with E-state index < -0.39 is 5.92 Å². The van der Waals surface area contributed by atoms with Crippen LogP contribution in [0.5, 0.6) is 0 Å². The zero-order chi connectivity index (χ0) is 17.9. The molecule has 2 amide bonds. The van der Waals surface area contributed by atoms with Gasteiger partial charge in [-0.1, -0.05) is 43.5 Å². The Balaban J connectivity index is 1.36. The van der Waals surface area contributed by atoms with Gasteiger partial charge < -0.3 is 4.90 Å². The molecule has 2 fully saturated rings. The summed E-state index contributed by atoms with van der Waals surface area (Å²) < 4.78 is 0. The number of hydrogen-bond acceptors (Lipinski definition) is 3. The first-order valence-electron chi connectivity index (χ1n) is 9.91. The molecule has 1 unspecified atom stereocenters. The zero-order valence-electron chi connectivity index (χ0n) is 15.3. The maximum atomic E-state index is 12.9. The zero-order valence-corrected chi connectivity index (χ0v) is 15.3. The Hall–Kier alpha value is -2.01.